The van der Waals surface area contributed by atoms with Gasteiger partial charge in [-0.1, -0.05) is 47.5 Å². The second-order valence-corrected chi connectivity index (χ2v) is 18.5. The van der Waals surface area contributed by atoms with E-state index in [2.05, 4.69) is 63.0 Å². The van der Waals surface area contributed by atoms with Crippen LogP contribution in [0, 0.1) is 11.5 Å². The number of aryl methyl sites for hydroxylation is 4. The van der Waals surface area contributed by atoms with Crippen molar-refractivity contribution in [3.8, 4) is 22.6 Å². The van der Waals surface area contributed by atoms with Crippen molar-refractivity contribution in [2.75, 3.05) is 11.4 Å². The first-order chi connectivity index (χ1) is 20.3. The zero-order valence-corrected chi connectivity index (χ0v) is 27.8. The van der Waals surface area contributed by atoms with Gasteiger partial charge in [0.2, 0.25) is 0 Å². The van der Waals surface area contributed by atoms with E-state index in [0.717, 1.165) is 46.4 Å². The summed E-state index contributed by atoms with van der Waals surface area (Å²) in [4.78, 5) is 15.1. The number of benzene rings is 2. The van der Waals surface area contributed by atoms with Gasteiger partial charge >= 0.3 is 5.69 Å². The third kappa shape index (κ3) is 5.14. The molecule has 0 saturated heterocycles. The van der Waals surface area contributed by atoms with E-state index in [9.17, 15) is 13.6 Å². The minimum Gasteiger partial charge on any atom is -0.340 e. The fraction of sp³-hybridized carbons (Fsp3) is 0.471. The van der Waals surface area contributed by atoms with Gasteiger partial charge < -0.3 is 4.90 Å². The molecule has 6 nitrogen and oxygen atoms in total. The Kier molecular flexibility index (Phi) is 8.21. The molecule has 0 aliphatic carbocycles. The summed E-state index contributed by atoms with van der Waals surface area (Å²) in [6.45, 7) is 14.4. The predicted molar refractivity (Wildman–Crippen MR) is 175 cm³/mol. The van der Waals surface area contributed by atoms with Gasteiger partial charge in [0.15, 0.2) is 0 Å². The molecule has 0 saturated carbocycles. The molecule has 0 spiro atoms. The fourth-order valence-corrected chi connectivity index (χ4v) is 12.6. The van der Waals surface area contributed by atoms with Crippen LogP contribution in [-0.2, 0) is 27.6 Å². The molecule has 43 heavy (non-hydrogen) atoms. The van der Waals surface area contributed by atoms with Crippen molar-refractivity contribution in [1.82, 2.24) is 18.9 Å². The maximum absolute atomic E-state index is 14.6. The number of nitrogens with zero attached hydrogens (tertiary/aromatic N) is 5. The highest BCUT2D eigenvalue weighted by Crippen LogP contribution is 2.44. The fourth-order valence-electron chi connectivity index (χ4n) is 7.36. The van der Waals surface area contributed by atoms with E-state index in [1.807, 2.05) is 18.2 Å². The van der Waals surface area contributed by atoms with Crippen LogP contribution in [0.15, 0.2) is 41.5 Å². The zero-order chi connectivity index (χ0) is 31.4. The van der Waals surface area contributed by atoms with Crippen LogP contribution >= 0.6 is 0 Å². The Labute approximate surface area is 254 Å². The summed E-state index contributed by atoms with van der Waals surface area (Å²) in [6, 6.07) is 7.61. The lowest BCUT2D eigenvalue weighted by molar-refractivity contribution is 0.152. The van der Waals surface area contributed by atoms with Gasteiger partial charge in [-0.3, -0.25) is 13.8 Å². The van der Waals surface area contributed by atoms with Gasteiger partial charge in [-0.15, -0.1) is 5.54 Å². The zero-order valence-electron chi connectivity index (χ0n) is 26.8. The molecule has 9 heteroatoms. The lowest BCUT2D eigenvalue weighted by Crippen LogP contribution is -2.43. The first kappa shape index (κ1) is 30.8. The number of imidazole rings is 1. The molecule has 1 aliphatic rings. The molecule has 4 aromatic rings. The molecule has 5 rings (SSSR count). The van der Waals surface area contributed by atoms with E-state index in [4.69, 9.17) is 0 Å². The van der Waals surface area contributed by atoms with Gasteiger partial charge in [0.25, 0.3) is 6.43 Å². The number of aromatic nitrogens is 4. The highest BCUT2D eigenvalue weighted by Gasteiger charge is 2.41. The molecule has 0 amide bonds. The lowest BCUT2D eigenvalue weighted by atomic mass is 9.92. The van der Waals surface area contributed by atoms with E-state index in [-0.39, 0.29) is 11.3 Å². The van der Waals surface area contributed by atoms with Crippen molar-refractivity contribution >= 4 is 30.5 Å². The number of anilines is 2. The Morgan fingerprint density at radius 1 is 0.884 bits per heavy atom. The van der Waals surface area contributed by atoms with Crippen LogP contribution in [0.5, 0.6) is 0 Å². The highest BCUT2D eigenvalue weighted by molar-refractivity contribution is 6.90. The summed E-state index contributed by atoms with van der Waals surface area (Å²) in [5.74, 6) is 3.64. The van der Waals surface area contributed by atoms with Crippen molar-refractivity contribution in [3.63, 3.8) is 0 Å². The van der Waals surface area contributed by atoms with Crippen molar-refractivity contribution in [1.29, 1.82) is 0 Å². The van der Waals surface area contributed by atoms with Crippen molar-refractivity contribution in [2.45, 2.75) is 77.4 Å². The van der Waals surface area contributed by atoms with E-state index < -0.39 is 14.5 Å². The van der Waals surface area contributed by atoms with Gasteiger partial charge in [-0.2, -0.15) is 5.10 Å². The number of alkyl halides is 2. The average molecular weight is 604 g/mol. The molecule has 0 fully saturated rings. The van der Waals surface area contributed by atoms with Gasteiger partial charge in [0.1, 0.15) is 8.07 Å². The molecule has 0 bridgehead atoms. The number of hydrogen-bond donors (Lipinski definition) is 0. The summed E-state index contributed by atoms with van der Waals surface area (Å²) in [6.07, 6.45) is 2.44. The van der Waals surface area contributed by atoms with Gasteiger partial charge in [0, 0.05) is 56.3 Å². The number of hydrogen-bond acceptors (Lipinski definition) is 3. The van der Waals surface area contributed by atoms with Crippen LogP contribution in [0.1, 0.15) is 71.1 Å². The molecule has 3 heterocycles. The van der Waals surface area contributed by atoms with Crippen molar-refractivity contribution in [2.24, 2.45) is 21.1 Å². The number of rotatable bonds is 6. The minimum absolute atomic E-state index is 0.00896. The minimum atomic E-state index is -2.64. The molecule has 228 valence electrons. The lowest BCUT2D eigenvalue weighted by Gasteiger charge is -2.38. The Bertz CT molecular complexity index is 1780. The van der Waals surface area contributed by atoms with Gasteiger partial charge in [-0.25, -0.2) is 13.6 Å². The summed E-state index contributed by atoms with van der Waals surface area (Å²) < 4.78 is 34.1. The summed E-state index contributed by atoms with van der Waals surface area (Å²) in [5, 5.41) is 4.22. The van der Waals surface area contributed by atoms with Crippen LogP contribution in [0.4, 0.5) is 20.2 Å². The first-order valence-corrected chi connectivity index (χ1v) is 17.4. The van der Waals surface area contributed by atoms with Crippen LogP contribution in [0.2, 0.25) is 16.6 Å². The Morgan fingerprint density at radius 2 is 1.51 bits per heavy atom. The van der Waals surface area contributed by atoms with Crippen LogP contribution < -0.4 is 10.6 Å². The standard InChI is InChI=1S/C34H43F2N5OSi/c1-21(2)43(22(3)4,23(5)6)14-12-25-16-31-32(40(9)34(42)39(31)8)18-30(25)41-13-10-11-24-15-27(26-19-37-38(7)20-26)28(33(35)36)17-29(24)41/h15-23,33H,10-11,13H2,1-9H3. The summed E-state index contributed by atoms with van der Waals surface area (Å²) >= 11 is 0. The second kappa shape index (κ2) is 11.5. The second-order valence-electron chi connectivity index (χ2n) is 12.9. The topological polar surface area (TPSA) is 48.0 Å². The monoisotopic (exact) mass is 603 g/mol. The summed E-state index contributed by atoms with van der Waals surface area (Å²) in [7, 11) is 3.27. The van der Waals surface area contributed by atoms with E-state index in [0.29, 0.717) is 34.3 Å². The summed E-state index contributed by atoms with van der Waals surface area (Å²) in [5.41, 5.74) is 11.4. The van der Waals surface area contributed by atoms with E-state index in [1.54, 1.807) is 53.4 Å². The SMILES string of the molecule is CC(C)[Si](C#Cc1cc2c(cc1N1CCCc3cc(-c4cnn(C)c4)c(C(F)F)cc31)n(C)c(=O)n2C)(C(C)C)C(C)C. The van der Waals surface area contributed by atoms with Gasteiger partial charge in [0.05, 0.1) is 22.9 Å². The third-order valence-corrected chi connectivity index (χ3v) is 15.9. The van der Waals surface area contributed by atoms with E-state index in [1.165, 1.54) is 0 Å². The van der Waals surface area contributed by atoms with E-state index >= 15 is 0 Å². The largest absolute Gasteiger partial charge is 0.340 e. The maximum Gasteiger partial charge on any atom is 0.328 e. The Morgan fingerprint density at radius 3 is 2.07 bits per heavy atom. The average Bonchev–Trinajstić information content (AvgIpc) is 3.48. The van der Waals surface area contributed by atoms with Crippen molar-refractivity contribution < 1.29 is 8.78 Å². The molecular formula is C34H43F2N5OSi. The molecule has 0 unspecified atom stereocenters. The maximum atomic E-state index is 14.6. The molecule has 0 radical (unpaired) electrons. The van der Waals surface area contributed by atoms with Crippen LogP contribution in [-0.4, -0.2) is 33.5 Å². The molecule has 0 atom stereocenters. The molecule has 2 aromatic heterocycles. The molecule has 0 N–H and O–H groups in total. The Balaban J connectivity index is 1.77. The first-order valence-electron chi connectivity index (χ1n) is 15.2. The Hall–Kier alpha value is -3.64. The number of halogens is 2. The smallest absolute Gasteiger partial charge is 0.328 e. The van der Waals surface area contributed by atoms with Crippen molar-refractivity contribution in [3.05, 3.63) is 63.8 Å². The molecule has 1 aliphatic heterocycles. The molecular weight excluding hydrogens is 560 g/mol. The van der Waals surface area contributed by atoms with Crippen LogP contribution in [0.25, 0.3) is 22.2 Å². The molecule has 2 aromatic carbocycles. The van der Waals surface area contributed by atoms with Gasteiger partial charge in [-0.05, 0) is 64.9 Å². The van der Waals surface area contributed by atoms with Crippen LogP contribution in [0.3, 0.4) is 0 Å². The quantitative estimate of drug-likeness (QED) is 0.166. The normalized spacial score (nSPS) is 13.9. The number of fused-ring (bicyclic) bond motifs is 2. The predicted octanol–water partition coefficient (Wildman–Crippen LogP) is 7.87. The third-order valence-electron chi connectivity index (χ3n) is 9.58. The highest BCUT2D eigenvalue weighted by atomic mass is 28.3.